The van der Waals surface area contributed by atoms with Crippen molar-refractivity contribution in [2.45, 2.75) is 6.54 Å². The number of likely N-dealkylation sites (N-methyl/N-ethyl adjacent to an activating group) is 1. The van der Waals surface area contributed by atoms with Gasteiger partial charge in [0.2, 0.25) is 17.6 Å². The summed E-state index contributed by atoms with van der Waals surface area (Å²) in [5.41, 5.74) is 0.796. The molecule has 7 nitrogen and oxygen atoms in total. The van der Waals surface area contributed by atoms with Gasteiger partial charge in [-0.05, 0) is 19.2 Å². The van der Waals surface area contributed by atoms with E-state index in [0.29, 0.717) is 56.1 Å². The minimum atomic E-state index is 0.0791. The molecule has 0 spiro atoms. The summed E-state index contributed by atoms with van der Waals surface area (Å²) in [5, 5.41) is 4.58. The van der Waals surface area contributed by atoms with E-state index in [2.05, 4.69) is 10.1 Å². The summed E-state index contributed by atoms with van der Waals surface area (Å²) < 4.78 is 10.5. The number of nitrogens with zero attached hydrogens (tertiary/aromatic N) is 4. The van der Waals surface area contributed by atoms with Crippen LogP contribution in [0, 0.1) is 0 Å². The molecule has 1 aliphatic heterocycles. The number of rotatable bonds is 5. The second-order valence-electron chi connectivity index (χ2n) is 5.69. The monoisotopic (exact) mass is 350 g/mol. The Morgan fingerprint density at radius 1 is 1.38 bits per heavy atom. The first-order valence-corrected chi connectivity index (χ1v) is 8.12. The van der Waals surface area contributed by atoms with Crippen molar-refractivity contribution in [1.82, 2.24) is 19.9 Å². The van der Waals surface area contributed by atoms with E-state index in [1.165, 1.54) is 0 Å². The van der Waals surface area contributed by atoms with Crippen LogP contribution >= 0.6 is 11.6 Å². The highest BCUT2D eigenvalue weighted by Gasteiger charge is 2.19. The number of carbonyl (C=O) groups excluding carboxylic acids is 1. The molecule has 128 valence electrons. The molecule has 2 aromatic rings. The Morgan fingerprint density at radius 3 is 2.92 bits per heavy atom. The van der Waals surface area contributed by atoms with Gasteiger partial charge in [0.1, 0.15) is 0 Å². The van der Waals surface area contributed by atoms with Gasteiger partial charge in [0.15, 0.2) is 0 Å². The van der Waals surface area contributed by atoms with Crippen molar-refractivity contribution < 1.29 is 14.1 Å². The summed E-state index contributed by atoms with van der Waals surface area (Å²) in [4.78, 5) is 20.2. The third-order valence-electron chi connectivity index (χ3n) is 3.73. The van der Waals surface area contributed by atoms with Gasteiger partial charge in [-0.3, -0.25) is 9.69 Å². The first kappa shape index (κ1) is 16.9. The zero-order valence-corrected chi connectivity index (χ0v) is 14.2. The van der Waals surface area contributed by atoms with Gasteiger partial charge in [-0.15, -0.1) is 0 Å². The molecule has 0 bridgehead atoms. The molecule has 8 heteroatoms. The quantitative estimate of drug-likeness (QED) is 0.817. The van der Waals surface area contributed by atoms with Crippen molar-refractivity contribution in [3.63, 3.8) is 0 Å². The summed E-state index contributed by atoms with van der Waals surface area (Å²) in [6.45, 7) is 3.20. The maximum absolute atomic E-state index is 12.2. The Balaban J connectivity index is 1.57. The smallest absolute Gasteiger partial charge is 0.241 e. The largest absolute Gasteiger partial charge is 0.378 e. The molecule has 0 aliphatic carbocycles. The lowest BCUT2D eigenvalue weighted by atomic mass is 10.2. The van der Waals surface area contributed by atoms with Crippen LogP contribution in [0.25, 0.3) is 11.4 Å². The molecule has 0 N–H and O–H groups in total. The predicted molar refractivity (Wildman–Crippen MR) is 88.5 cm³/mol. The number of benzene rings is 1. The molecule has 0 atom stereocenters. The number of halogens is 1. The summed E-state index contributed by atoms with van der Waals surface area (Å²) in [6.07, 6.45) is 0. The number of aromatic nitrogens is 2. The Labute approximate surface area is 145 Å². The highest BCUT2D eigenvalue weighted by Crippen LogP contribution is 2.20. The SMILES string of the molecule is CN(CC(=O)N1CCOCC1)Cc1nc(-c2cccc(Cl)c2)no1. The minimum Gasteiger partial charge on any atom is -0.378 e. The van der Waals surface area contributed by atoms with Crippen molar-refractivity contribution in [2.75, 3.05) is 39.9 Å². The number of carbonyl (C=O) groups is 1. The number of hydrogen-bond acceptors (Lipinski definition) is 6. The van der Waals surface area contributed by atoms with Gasteiger partial charge >= 0.3 is 0 Å². The predicted octanol–water partition coefficient (Wildman–Crippen LogP) is 1.68. The fourth-order valence-corrected chi connectivity index (χ4v) is 2.68. The fourth-order valence-electron chi connectivity index (χ4n) is 2.49. The maximum Gasteiger partial charge on any atom is 0.241 e. The van der Waals surface area contributed by atoms with Crippen LogP contribution < -0.4 is 0 Å². The van der Waals surface area contributed by atoms with Crippen LogP contribution in [0.5, 0.6) is 0 Å². The molecule has 0 saturated carbocycles. The number of morpholine rings is 1. The zero-order valence-electron chi connectivity index (χ0n) is 13.4. The molecule has 1 aliphatic rings. The van der Waals surface area contributed by atoms with Gasteiger partial charge < -0.3 is 14.2 Å². The van der Waals surface area contributed by atoms with Crippen LogP contribution in [0.4, 0.5) is 0 Å². The summed E-state index contributed by atoms with van der Waals surface area (Å²) in [5.74, 6) is 1.03. The molecule has 0 radical (unpaired) electrons. The lowest BCUT2D eigenvalue weighted by Crippen LogP contribution is -2.44. The van der Waals surface area contributed by atoms with Crippen LogP contribution in [0.2, 0.25) is 5.02 Å². The highest BCUT2D eigenvalue weighted by atomic mass is 35.5. The lowest BCUT2D eigenvalue weighted by Gasteiger charge is -2.28. The number of ether oxygens (including phenoxy) is 1. The topological polar surface area (TPSA) is 71.7 Å². The summed E-state index contributed by atoms with van der Waals surface area (Å²) >= 11 is 5.97. The van der Waals surface area contributed by atoms with E-state index in [0.717, 1.165) is 5.56 Å². The minimum absolute atomic E-state index is 0.0791. The van der Waals surface area contributed by atoms with Crippen molar-refractivity contribution in [2.24, 2.45) is 0 Å². The average Bonchev–Trinajstić information content (AvgIpc) is 3.04. The van der Waals surface area contributed by atoms with Crippen LogP contribution in [0.15, 0.2) is 28.8 Å². The third kappa shape index (κ3) is 4.31. The molecule has 1 amide bonds. The molecular weight excluding hydrogens is 332 g/mol. The third-order valence-corrected chi connectivity index (χ3v) is 3.96. The number of hydrogen-bond donors (Lipinski definition) is 0. The molecule has 1 saturated heterocycles. The van der Waals surface area contributed by atoms with Crippen LogP contribution in [-0.4, -0.2) is 65.7 Å². The Hall–Kier alpha value is -1.96. The molecule has 2 heterocycles. The van der Waals surface area contributed by atoms with Gasteiger partial charge in [-0.1, -0.05) is 28.9 Å². The van der Waals surface area contributed by atoms with Gasteiger partial charge in [-0.25, -0.2) is 0 Å². The van der Waals surface area contributed by atoms with E-state index >= 15 is 0 Å². The van der Waals surface area contributed by atoms with E-state index in [4.69, 9.17) is 20.9 Å². The summed E-state index contributed by atoms with van der Waals surface area (Å²) in [6, 6.07) is 7.27. The van der Waals surface area contributed by atoms with Crippen molar-refractivity contribution in [3.05, 3.63) is 35.2 Å². The number of amides is 1. The molecule has 0 unspecified atom stereocenters. The van der Waals surface area contributed by atoms with Gasteiger partial charge in [0.05, 0.1) is 26.3 Å². The second kappa shape index (κ2) is 7.74. The Morgan fingerprint density at radius 2 is 2.17 bits per heavy atom. The normalized spacial score (nSPS) is 15.0. The molecule has 3 rings (SSSR count). The maximum atomic E-state index is 12.2. The fraction of sp³-hybridized carbons (Fsp3) is 0.438. The Kier molecular flexibility index (Phi) is 5.44. The second-order valence-corrected chi connectivity index (χ2v) is 6.12. The molecule has 24 heavy (non-hydrogen) atoms. The standard InChI is InChI=1S/C16H19ClN4O3/c1-20(11-15(22)21-5-7-23-8-6-21)10-14-18-16(19-24-14)12-3-2-4-13(17)9-12/h2-4,9H,5-8,10-11H2,1H3. The van der Waals surface area contributed by atoms with Crippen molar-refractivity contribution in [3.8, 4) is 11.4 Å². The Bertz CT molecular complexity index is 700. The lowest BCUT2D eigenvalue weighted by molar-refractivity contribution is -0.136. The van der Waals surface area contributed by atoms with Gasteiger partial charge in [0, 0.05) is 23.7 Å². The van der Waals surface area contributed by atoms with E-state index in [9.17, 15) is 4.79 Å². The van der Waals surface area contributed by atoms with Crippen LogP contribution in [0.3, 0.4) is 0 Å². The van der Waals surface area contributed by atoms with E-state index < -0.39 is 0 Å². The molecule has 1 fully saturated rings. The average molecular weight is 351 g/mol. The van der Waals surface area contributed by atoms with E-state index in [-0.39, 0.29) is 5.91 Å². The van der Waals surface area contributed by atoms with Crippen molar-refractivity contribution >= 4 is 17.5 Å². The summed E-state index contributed by atoms with van der Waals surface area (Å²) in [7, 11) is 1.85. The van der Waals surface area contributed by atoms with Crippen molar-refractivity contribution in [1.29, 1.82) is 0 Å². The molecule has 1 aromatic carbocycles. The van der Waals surface area contributed by atoms with Gasteiger partial charge in [0.25, 0.3) is 0 Å². The van der Waals surface area contributed by atoms with E-state index in [1.807, 2.05) is 29.0 Å². The van der Waals surface area contributed by atoms with E-state index in [1.54, 1.807) is 12.1 Å². The highest BCUT2D eigenvalue weighted by molar-refractivity contribution is 6.30. The van der Waals surface area contributed by atoms with Crippen LogP contribution in [0.1, 0.15) is 5.89 Å². The molecular formula is C16H19ClN4O3. The first-order valence-electron chi connectivity index (χ1n) is 7.74. The van der Waals surface area contributed by atoms with Gasteiger partial charge in [-0.2, -0.15) is 4.98 Å². The molecule has 1 aromatic heterocycles. The first-order chi connectivity index (χ1) is 11.6. The van der Waals surface area contributed by atoms with Crippen LogP contribution in [-0.2, 0) is 16.1 Å². The zero-order chi connectivity index (χ0) is 16.9.